The Kier molecular flexibility index (Phi) is 4.19. The predicted octanol–water partition coefficient (Wildman–Crippen LogP) is -4.35. The minimum atomic E-state index is -1.69. The van der Waals surface area contributed by atoms with Gasteiger partial charge >= 0.3 is 0 Å². The highest BCUT2D eigenvalue weighted by Gasteiger charge is 2.64. The van der Waals surface area contributed by atoms with Crippen molar-refractivity contribution in [2.45, 2.75) is 48.2 Å². The first-order valence-corrected chi connectivity index (χ1v) is 6.96. The SMILES string of the molecule is OC[C@H]1O[C@@]2(CO[C@]3(CO2)O[C@H](CO)C(O)C3O)C(O)C1O. The zero-order valence-corrected chi connectivity index (χ0v) is 11.6. The predicted molar refractivity (Wildman–Crippen MR) is 65.3 cm³/mol. The van der Waals surface area contributed by atoms with Gasteiger partial charge in [-0.2, -0.15) is 0 Å². The van der Waals surface area contributed by atoms with Crippen molar-refractivity contribution in [3.63, 3.8) is 0 Å². The van der Waals surface area contributed by atoms with Crippen LogP contribution in [0.1, 0.15) is 0 Å². The Morgan fingerprint density at radius 1 is 0.727 bits per heavy atom. The minimum Gasteiger partial charge on any atom is -0.394 e. The van der Waals surface area contributed by atoms with E-state index in [2.05, 4.69) is 0 Å². The monoisotopic (exact) mass is 324 g/mol. The summed E-state index contributed by atoms with van der Waals surface area (Å²) in [4.78, 5) is 0. The van der Waals surface area contributed by atoms with Crippen LogP contribution in [0.2, 0.25) is 0 Å². The largest absolute Gasteiger partial charge is 0.394 e. The summed E-state index contributed by atoms with van der Waals surface area (Å²) >= 11 is 0. The fraction of sp³-hybridized carbons (Fsp3) is 1.00. The number of ether oxygens (including phenoxy) is 4. The van der Waals surface area contributed by atoms with Gasteiger partial charge < -0.3 is 49.6 Å². The van der Waals surface area contributed by atoms with Crippen LogP contribution in [0.4, 0.5) is 0 Å². The van der Waals surface area contributed by atoms with Crippen molar-refractivity contribution in [2.75, 3.05) is 26.4 Å². The van der Waals surface area contributed by atoms with Crippen molar-refractivity contribution < 1.29 is 49.6 Å². The zero-order valence-electron chi connectivity index (χ0n) is 11.6. The van der Waals surface area contributed by atoms with Crippen molar-refractivity contribution >= 4 is 0 Å². The molecular weight excluding hydrogens is 304 g/mol. The topological polar surface area (TPSA) is 158 Å². The summed E-state index contributed by atoms with van der Waals surface area (Å²) in [5.41, 5.74) is 0. The Bertz CT molecular complexity index is 371. The van der Waals surface area contributed by atoms with Gasteiger partial charge in [0.05, 0.1) is 13.2 Å². The van der Waals surface area contributed by atoms with E-state index in [0.717, 1.165) is 0 Å². The summed E-state index contributed by atoms with van der Waals surface area (Å²) in [5.74, 6) is -3.38. The van der Waals surface area contributed by atoms with Gasteiger partial charge in [-0.15, -0.1) is 0 Å². The Hall–Kier alpha value is -0.400. The molecule has 0 aromatic heterocycles. The van der Waals surface area contributed by atoms with Gasteiger partial charge in [0.25, 0.3) is 0 Å². The number of rotatable bonds is 2. The van der Waals surface area contributed by atoms with Gasteiger partial charge in [-0.1, -0.05) is 0 Å². The highest BCUT2D eigenvalue weighted by atomic mass is 16.8. The summed E-state index contributed by atoms with van der Waals surface area (Å²) in [7, 11) is 0. The summed E-state index contributed by atoms with van der Waals surface area (Å²) in [6, 6.07) is 0. The second-order valence-electron chi connectivity index (χ2n) is 5.75. The maximum absolute atomic E-state index is 10.0. The zero-order chi connectivity index (χ0) is 16.1. The molecule has 3 aliphatic heterocycles. The van der Waals surface area contributed by atoms with Crippen molar-refractivity contribution in [3.05, 3.63) is 0 Å². The Balaban J connectivity index is 1.73. The maximum atomic E-state index is 10.0. The lowest BCUT2D eigenvalue weighted by Crippen LogP contribution is -2.62. The quantitative estimate of drug-likeness (QED) is 0.293. The summed E-state index contributed by atoms with van der Waals surface area (Å²) < 4.78 is 21.6. The molecule has 0 bridgehead atoms. The molecule has 3 saturated heterocycles. The van der Waals surface area contributed by atoms with E-state index >= 15 is 0 Å². The van der Waals surface area contributed by atoms with Gasteiger partial charge in [0.15, 0.2) is 0 Å². The van der Waals surface area contributed by atoms with Crippen LogP contribution in [0.25, 0.3) is 0 Å². The molecule has 0 amide bonds. The molecule has 3 aliphatic rings. The lowest BCUT2D eigenvalue weighted by Gasteiger charge is -2.44. The molecule has 3 rings (SSSR count). The van der Waals surface area contributed by atoms with E-state index in [1.54, 1.807) is 0 Å². The van der Waals surface area contributed by atoms with Crippen molar-refractivity contribution in [1.82, 2.24) is 0 Å². The van der Waals surface area contributed by atoms with Gasteiger partial charge in [0.2, 0.25) is 11.6 Å². The summed E-state index contributed by atoms with van der Waals surface area (Å²) in [6.45, 7) is -1.83. The van der Waals surface area contributed by atoms with E-state index in [4.69, 9.17) is 29.2 Å². The summed E-state index contributed by atoms with van der Waals surface area (Å²) in [5, 5.41) is 57.8. The molecular formula is C12H20O10. The maximum Gasteiger partial charge on any atom is 0.222 e. The number of aliphatic hydroxyl groups is 6. The lowest BCUT2D eigenvalue weighted by atomic mass is 10.0. The second kappa shape index (κ2) is 5.60. The van der Waals surface area contributed by atoms with Crippen molar-refractivity contribution in [3.8, 4) is 0 Å². The smallest absolute Gasteiger partial charge is 0.222 e. The molecule has 22 heavy (non-hydrogen) atoms. The van der Waals surface area contributed by atoms with E-state index in [9.17, 15) is 20.4 Å². The third kappa shape index (κ3) is 2.19. The van der Waals surface area contributed by atoms with Gasteiger partial charge in [0.1, 0.15) is 49.8 Å². The normalized spacial score (nSPS) is 55.4. The molecule has 4 unspecified atom stereocenters. The standard InChI is InChI=1S/C12H20O10/c13-1-5-7(15)9(17)11(21-5)3-20-12(4-19-11)10(18)8(16)6(2-14)22-12/h5-10,13-18H,1-4H2/t5-,6-,7?,8?,9?,10?,11-,12+/m1/s1. The van der Waals surface area contributed by atoms with E-state index < -0.39 is 74.6 Å². The Morgan fingerprint density at radius 3 is 1.32 bits per heavy atom. The molecule has 0 saturated carbocycles. The Morgan fingerprint density at radius 2 is 1.09 bits per heavy atom. The van der Waals surface area contributed by atoms with Gasteiger partial charge in [-0.3, -0.25) is 0 Å². The number of hydrogen-bond donors (Lipinski definition) is 6. The van der Waals surface area contributed by atoms with Crippen LogP contribution in [0.3, 0.4) is 0 Å². The molecule has 10 nitrogen and oxygen atoms in total. The second-order valence-corrected chi connectivity index (χ2v) is 5.75. The number of aliphatic hydroxyl groups excluding tert-OH is 6. The minimum absolute atomic E-state index is 0.399. The average Bonchev–Trinajstić information content (AvgIpc) is 2.91. The highest BCUT2D eigenvalue weighted by Crippen LogP contribution is 2.42. The van der Waals surface area contributed by atoms with E-state index in [0.29, 0.717) is 0 Å². The average molecular weight is 324 g/mol. The van der Waals surface area contributed by atoms with Crippen molar-refractivity contribution in [2.24, 2.45) is 0 Å². The molecule has 0 radical (unpaired) electrons. The third-order valence-electron chi connectivity index (χ3n) is 4.41. The summed E-state index contributed by atoms with van der Waals surface area (Å²) in [6.07, 6.45) is -7.69. The van der Waals surface area contributed by atoms with Gasteiger partial charge in [-0.25, -0.2) is 0 Å². The van der Waals surface area contributed by atoms with Crippen LogP contribution >= 0.6 is 0 Å². The molecule has 10 heteroatoms. The first-order chi connectivity index (χ1) is 10.4. The molecule has 3 heterocycles. The fourth-order valence-corrected chi connectivity index (χ4v) is 3.02. The van der Waals surface area contributed by atoms with E-state index in [-0.39, 0.29) is 0 Å². The third-order valence-corrected chi connectivity index (χ3v) is 4.41. The molecule has 0 aromatic rings. The Labute approximate surface area is 125 Å². The fourth-order valence-electron chi connectivity index (χ4n) is 3.02. The van der Waals surface area contributed by atoms with E-state index in [1.807, 2.05) is 0 Å². The van der Waals surface area contributed by atoms with Gasteiger partial charge in [-0.05, 0) is 0 Å². The molecule has 3 fully saturated rings. The molecule has 2 spiro atoms. The molecule has 8 atom stereocenters. The molecule has 0 aromatic carbocycles. The first-order valence-electron chi connectivity index (χ1n) is 6.96. The van der Waals surface area contributed by atoms with Gasteiger partial charge in [0, 0.05) is 0 Å². The lowest BCUT2D eigenvalue weighted by molar-refractivity contribution is -0.401. The molecule has 128 valence electrons. The van der Waals surface area contributed by atoms with Crippen LogP contribution in [-0.4, -0.2) is 105 Å². The van der Waals surface area contributed by atoms with Crippen LogP contribution in [0, 0.1) is 0 Å². The van der Waals surface area contributed by atoms with E-state index in [1.165, 1.54) is 0 Å². The number of hydrogen-bond acceptors (Lipinski definition) is 10. The van der Waals surface area contributed by atoms with Crippen LogP contribution in [0.15, 0.2) is 0 Å². The van der Waals surface area contributed by atoms with Crippen LogP contribution in [0.5, 0.6) is 0 Å². The molecule has 6 N–H and O–H groups in total. The first kappa shape index (κ1) is 16.5. The van der Waals surface area contributed by atoms with Crippen LogP contribution < -0.4 is 0 Å². The highest BCUT2D eigenvalue weighted by molar-refractivity contribution is 5.03. The van der Waals surface area contributed by atoms with Crippen LogP contribution in [-0.2, 0) is 18.9 Å². The molecule has 0 aliphatic carbocycles. The van der Waals surface area contributed by atoms with Crippen molar-refractivity contribution in [1.29, 1.82) is 0 Å².